The molecule has 0 unspecified atom stereocenters. The third-order valence-electron chi connectivity index (χ3n) is 4.59. The van der Waals surface area contributed by atoms with Crippen molar-refractivity contribution < 1.29 is 9.53 Å². The van der Waals surface area contributed by atoms with Crippen molar-refractivity contribution in [1.29, 1.82) is 0 Å². The van der Waals surface area contributed by atoms with Gasteiger partial charge in [0.05, 0.1) is 30.9 Å². The minimum atomic E-state index is -0.0708. The molecule has 6 nitrogen and oxygen atoms in total. The second-order valence-electron chi connectivity index (χ2n) is 6.51. The summed E-state index contributed by atoms with van der Waals surface area (Å²) in [7, 11) is 0. The number of imidazole rings is 1. The zero-order chi connectivity index (χ0) is 16.4. The largest absolute Gasteiger partial charge is 0.375 e. The summed E-state index contributed by atoms with van der Waals surface area (Å²) in [5.41, 5.74) is 2.85. The Labute approximate surface area is 141 Å². The van der Waals surface area contributed by atoms with E-state index in [1.807, 2.05) is 41.6 Å². The number of hydrogen-bond acceptors (Lipinski definition) is 3. The molecule has 1 fully saturated rings. The van der Waals surface area contributed by atoms with Crippen molar-refractivity contribution in [3.05, 3.63) is 48.0 Å². The molecule has 1 aromatic heterocycles. The second kappa shape index (κ2) is 6.65. The van der Waals surface area contributed by atoms with Crippen molar-refractivity contribution in [3.8, 4) is 0 Å². The van der Waals surface area contributed by atoms with E-state index in [0.717, 1.165) is 36.1 Å². The quantitative estimate of drug-likeness (QED) is 0.919. The molecule has 2 heterocycles. The molecule has 126 valence electrons. The number of fused-ring (bicyclic) bond motifs is 1. The minimum absolute atomic E-state index is 0.0708. The van der Waals surface area contributed by atoms with Gasteiger partial charge < -0.3 is 19.5 Å². The van der Waals surface area contributed by atoms with Gasteiger partial charge in [-0.1, -0.05) is 18.2 Å². The van der Waals surface area contributed by atoms with Crippen LogP contribution in [0.2, 0.25) is 0 Å². The Morgan fingerprint density at radius 2 is 2.08 bits per heavy atom. The maximum absolute atomic E-state index is 12.5. The maximum Gasteiger partial charge on any atom is 0.322 e. The van der Waals surface area contributed by atoms with Gasteiger partial charge in [-0.15, -0.1) is 0 Å². The monoisotopic (exact) mass is 326 g/mol. The number of rotatable bonds is 5. The number of para-hydroxylation sites is 1. The molecule has 1 N–H and O–H groups in total. The highest BCUT2D eigenvalue weighted by atomic mass is 16.5. The number of benzene rings is 1. The highest BCUT2D eigenvalue weighted by molar-refractivity contribution is 5.89. The number of hydrogen-bond donors (Lipinski definition) is 1. The van der Waals surface area contributed by atoms with Crippen molar-refractivity contribution in [3.63, 3.8) is 0 Å². The Morgan fingerprint density at radius 1 is 1.25 bits per heavy atom. The number of carbonyl (C=O) groups excluding carboxylic acids is 1. The van der Waals surface area contributed by atoms with E-state index < -0.39 is 0 Å². The maximum atomic E-state index is 12.5. The topological polar surface area (TPSA) is 59.4 Å². The van der Waals surface area contributed by atoms with Crippen LogP contribution < -0.4 is 5.32 Å². The Kier molecular flexibility index (Phi) is 4.21. The van der Waals surface area contributed by atoms with Crippen molar-refractivity contribution in [2.24, 2.45) is 5.92 Å². The summed E-state index contributed by atoms with van der Waals surface area (Å²) in [5, 5.41) is 2.95. The van der Waals surface area contributed by atoms with Gasteiger partial charge in [0.15, 0.2) is 0 Å². The number of anilines is 1. The SMILES string of the molecule is O=C(Nc1ccccc1)N1CCn2cnc(COCC3CC3)c2C1. The van der Waals surface area contributed by atoms with Crippen LogP contribution in [0, 0.1) is 5.92 Å². The van der Waals surface area contributed by atoms with Crippen LogP contribution >= 0.6 is 0 Å². The van der Waals surface area contributed by atoms with Crippen LogP contribution in [0.1, 0.15) is 24.2 Å². The van der Waals surface area contributed by atoms with Crippen LogP contribution in [0.25, 0.3) is 0 Å². The molecule has 4 rings (SSSR count). The third-order valence-corrected chi connectivity index (χ3v) is 4.59. The van der Waals surface area contributed by atoms with E-state index >= 15 is 0 Å². The number of nitrogens with zero attached hydrogens (tertiary/aromatic N) is 3. The molecule has 0 atom stereocenters. The number of amides is 2. The molecule has 0 bridgehead atoms. The molecule has 2 aliphatic rings. The van der Waals surface area contributed by atoms with E-state index in [0.29, 0.717) is 19.7 Å². The van der Waals surface area contributed by atoms with Crippen LogP contribution in [-0.2, 0) is 24.4 Å². The zero-order valence-electron chi connectivity index (χ0n) is 13.6. The first kappa shape index (κ1) is 15.2. The Hall–Kier alpha value is -2.34. The summed E-state index contributed by atoms with van der Waals surface area (Å²) in [6, 6.07) is 9.47. The molecular formula is C18H22N4O2. The summed E-state index contributed by atoms with van der Waals surface area (Å²) in [4.78, 5) is 18.8. The van der Waals surface area contributed by atoms with Gasteiger partial charge in [0.2, 0.25) is 0 Å². The van der Waals surface area contributed by atoms with Gasteiger partial charge in [0.1, 0.15) is 0 Å². The molecular weight excluding hydrogens is 304 g/mol. The van der Waals surface area contributed by atoms with Crippen molar-refractivity contribution >= 4 is 11.7 Å². The number of aromatic nitrogens is 2. The van der Waals surface area contributed by atoms with E-state index in [-0.39, 0.29) is 6.03 Å². The van der Waals surface area contributed by atoms with Gasteiger partial charge in [-0.05, 0) is 30.9 Å². The fraction of sp³-hybridized carbons (Fsp3) is 0.444. The number of carbonyl (C=O) groups is 1. The summed E-state index contributed by atoms with van der Waals surface area (Å²) in [6.45, 7) is 3.38. The number of ether oxygens (including phenoxy) is 1. The van der Waals surface area contributed by atoms with Gasteiger partial charge in [-0.2, -0.15) is 0 Å². The first-order valence-corrected chi connectivity index (χ1v) is 8.51. The van der Waals surface area contributed by atoms with Gasteiger partial charge in [0.25, 0.3) is 0 Å². The van der Waals surface area contributed by atoms with Crippen LogP contribution in [0.5, 0.6) is 0 Å². The molecule has 1 aromatic carbocycles. The van der Waals surface area contributed by atoms with Gasteiger partial charge in [-0.3, -0.25) is 0 Å². The predicted octanol–water partition coefficient (Wildman–Crippen LogP) is 2.86. The van der Waals surface area contributed by atoms with Crippen LogP contribution in [0.3, 0.4) is 0 Å². The lowest BCUT2D eigenvalue weighted by Crippen LogP contribution is -2.40. The van der Waals surface area contributed by atoms with Crippen molar-refractivity contribution in [2.45, 2.75) is 32.5 Å². The Balaban J connectivity index is 1.38. The average Bonchev–Trinajstić information content (AvgIpc) is 3.35. The highest BCUT2D eigenvalue weighted by Crippen LogP contribution is 2.29. The predicted molar refractivity (Wildman–Crippen MR) is 90.5 cm³/mol. The highest BCUT2D eigenvalue weighted by Gasteiger charge is 2.25. The number of nitrogens with one attached hydrogen (secondary N) is 1. The summed E-state index contributed by atoms with van der Waals surface area (Å²) in [6.07, 6.45) is 4.43. The molecule has 1 aliphatic heterocycles. The lowest BCUT2D eigenvalue weighted by Gasteiger charge is -2.29. The first-order chi connectivity index (χ1) is 11.8. The molecule has 1 saturated carbocycles. The second-order valence-corrected chi connectivity index (χ2v) is 6.51. The molecule has 6 heteroatoms. The number of urea groups is 1. The van der Waals surface area contributed by atoms with Gasteiger partial charge in [0, 0.05) is 25.4 Å². The summed E-state index contributed by atoms with van der Waals surface area (Å²) < 4.78 is 7.89. The van der Waals surface area contributed by atoms with Crippen LogP contribution in [0.15, 0.2) is 36.7 Å². The molecule has 2 amide bonds. The van der Waals surface area contributed by atoms with Crippen molar-refractivity contribution in [2.75, 3.05) is 18.5 Å². The zero-order valence-corrected chi connectivity index (χ0v) is 13.6. The van der Waals surface area contributed by atoms with E-state index in [1.54, 1.807) is 0 Å². The standard InChI is InChI=1S/C18H22N4O2/c23-18(20-15-4-2-1-3-5-15)21-8-9-22-13-19-16(17(22)10-21)12-24-11-14-6-7-14/h1-5,13-14H,6-12H2,(H,20,23). The van der Waals surface area contributed by atoms with Crippen molar-refractivity contribution in [1.82, 2.24) is 14.5 Å². The van der Waals surface area contributed by atoms with Gasteiger partial charge in [-0.25, -0.2) is 9.78 Å². The molecule has 0 spiro atoms. The lowest BCUT2D eigenvalue weighted by molar-refractivity contribution is 0.107. The first-order valence-electron chi connectivity index (χ1n) is 8.51. The molecule has 2 aromatic rings. The Morgan fingerprint density at radius 3 is 2.88 bits per heavy atom. The van der Waals surface area contributed by atoms with Crippen LogP contribution in [0.4, 0.5) is 10.5 Å². The molecule has 24 heavy (non-hydrogen) atoms. The van der Waals surface area contributed by atoms with E-state index in [2.05, 4.69) is 14.9 Å². The van der Waals surface area contributed by atoms with E-state index in [9.17, 15) is 4.79 Å². The summed E-state index contributed by atoms with van der Waals surface area (Å²) >= 11 is 0. The molecule has 1 aliphatic carbocycles. The fourth-order valence-corrected chi connectivity index (χ4v) is 2.94. The molecule has 0 saturated heterocycles. The molecule has 0 radical (unpaired) electrons. The smallest absolute Gasteiger partial charge is 0.322 e. The Bertz CT molecular complexity index is 709. The van der Waals surface area contributed by atoms with Gasteiger partial charge >= 0.3 is 6.03 Å². The van der Waals surface area contributed by atoms with E-state index in [4.69, 9.17) is 4.74 Å². The minimum Gasteiger partial charge on any atom is -0.375 e. The van der Waals surface area contributed by atoms with E-state index in [1.165, 1.54) is 12.8 Å². The fourth-order valence-electron chi connectivity index (χ4n) is 2.94. The normalized spacial score (nSPS) is 16.8. The third kappa shape index (κ3) is 3.43. The van der Waals surface area contributed by atoms with Crippen LogP contribution in [-0.4, -0.2) is 33.6 Å². The lowest BCUT2D eigenvalue weighted by atomic mass is 10.2. The average molecular weight is 326 g/mol. The summed E-state index contributed by atoms with van der Waals surface area (Å²) in [5.74, 6) is 0.747.